The lowest BCUT2D eigenvalue weighted by Gasteiger charge is -2.35. The van der Waals surface area contributed by atoms with Gasteiger partial charge in [0.1, 0.15) is 0 Å². The summed E-state index contributed by atoms with van der Waals surface area (Å²) in [6, 6.07) is 12.7. The van der Waals surface area contributed by atoms with E-state index in [0.717, 1.165) is 24.3 Å². The van der Waals surface area contributed by atoms with Crippen LogP contribution in [0.4, 0.5) is 11.4 Å². The Labute approximate surface area is 114 Å². The Kier molecular flexibility index (Phi) is 3.22. The van der Waals surface area contributed by atoms with Gasteiger partial charge in [-0.15, -0.1) is 0 Å². The van der Waals surface area contributed by atoms with Gasteiger partial charge in [0.15, 0.2) is 0 Å². The van der Waals surface area contributed by atoms with E-state index < -0.39 is 0 Å². The molecule has 0 aliphatic carbocycles. The lowest BCUT2D eigenvalue weighted by atomic mass is 9.93. The van der Waals surface area contributed by atoms with Crippen molar-refractivity contribution in [3.8, 4) is 0 Å². The maximum atomic E-state index is 5.82. The van der Waals surface area contributed by atoms with Crippen LogP contribution in [0.25, 0.3) is 0 Å². The number of nitrogens with zero attached hydrogens (tertiary/aromatic N) is 2. The van der Waals surface area contributed by atoms with Crippen LogP contribution in [-0.2, 0) is 13.0 Å². The molecule has 0 spiro atoms. The molecule has 3 rings (SSSR count). The van der Waals surface area contributed by atoms with Crippen LogP contribution in [0, 0.1) is 5.92 Å². The minimum Gasteiger partial charge on any atom is -0.339 e. The van der Waals surface area contributed by atoms with Gasteiger partial charge in [0, 0.05) is 25.0 Å². The summed E-state index contributed by atoms with van der Waals surface area (Å²) < 4.78 is 0. The summed E-state index contributed by atoms with van der Waals surface area (Å²) in [5.41, 5.74) is 10.6. The molecule has 1 unspecified atom stereocenters. The molecule has 1 atom stereocenters. The van der Waals surface area contributed by atoms with E-state index in [-0.39, 0.29) is 0 Å². The molecule has 0 fully saturated rings. The number of fused-ring (bicyclic) bond motifs is 1. The predicted molar refractivity (Wildman–Crippen MR) is 78.4 cm³/mol. The first-order valence-electron chi connectivity index (χ1n) is 6.79. The molecule has 3 heteroatoms. The van der Waals surface area contributed by atoms with Crippen molar-refractivity contribution in [1.82, 2.24) is 4.98 Å². The van der Waals surface area contributed by atoms with E-state index in [0.29, 0.717) is 12.5 Å². The van der Waals surface area contributed by atoms with Crippen LogP contribution < -0.4 is 10.6 Å². The molecule has 0 saturated heterocycles. The van der Waals surface area contributed by atoms with Gasteiger partial charge in [-0.25, -0.2) is 0 Å². The van der Waals surface area contributed by atoms with Crippen molar-refractivity contribution in [2.45, 2.75) is 19.9 Å². The summed E-state index contributed by atoms with van der Waals surface area (Å²) in [6.45, 7) is 3.79. The van der Waals surface area contributed by atoms with Crippen molar-refractivity contribution in [2.75, 3.05) is 11.4 Å². The van der Waals surface area contributed by atoms with Crippen molar-refractivity contribution in [2.24, 2.45) is 11.7 Å². The van der Waals surface area contributed by atoms with Crippen LogP contribution in [-0.4, -0.2) is 11.5 Å². The Morgan fingerprint density at radius 3 is 2.84 bits per heavy atom. The highest BCUT2D eigenvalue weighted by molar-refractivity contribution is 5.69. The number of pyridine rings is 1. The van der Waals surface area contributed by atoms with Gasteiger partial charge in [0.25, 0.3) is 0 Å². The average Bonchev–Trinajstić information content (AvgIpc) is 2.46. The smallest absolute Gasteiger partial charge is 0.0775 e. The highest BCUT2D eigenvalue weighted by atomic mass is 15.2. The van der Waals surface area contributed by atoms with Crippen molar-refractivity contribution in [3.05, 3.63) is 53.9 Å². The van der Waals surface area contributed by atoms with E-state index in [1.54, 1.807) is 0 Å². The Balaban J connectivity index is 2.10. The number of nitrogens with two attached hydrogens (primary N) is 1. The zero-order valence-electron chi connectivity index (χ0n) is 11.2. The second-order valence-corrected chi connectivity index (χ2v) is 5.22. The molecule has 0 amide bonds. The minimum absolute atomic E-state index is 0.475. The second kappa shape index (κ2) is 5.02. The molecular formula is C16H19N3. The molecule has 3 nitrogen and oxygen atoms in total. The zero-order chi connectivity index (χ0) is 13.2. The first-order valence-corrected chi connectivity index (χ1v) is 6.79. The minimum atomic E-state index is 0.475. The molecule has 1 aromatic carbocycles. The van der Waals surface area contributed by atoms with Crippen molar-refractivity contribution < 1.29 is 0 Å². The van der Waals surface area contributed by atoms with E-state index in [1.165, 1.54) is 11.3 Å². The van der Waals surface area contributed by atoms with E-state index in [9.17, 15) is 0 Å². The number of para-hydroxylation sites is 1. The summed E-state index contributed by atoms with van der Waals surface area (Å²) >= 11 is 0. The third kappa shape index (κ3) is 2.22. The van der Waals surface area contributed by atoms with Crippen molar-refractivity contribution >= 4 is 11.4 Å². The summed E-state index contributed by atoms with van der Waals surface area (Å²) in [7, 11) is 0. The fourth-order valence-corrected chi connectivity index (χ4v) is 2.86. The van der Waals surface area contributed by atoms with Crippen LogP contribution in [0.5, 0.6) is 0 Å². The maximum absolute atomic E-state index is 5.82. The lowest BCUT2D eigenvalue weighted by molar-refractivity contribution is 0.561. The third-order valence-corrected chi connectivity index (χ3v) is 3.70. The molecule has 2 aromatic rings. The highest BCUT2D eigenvalue weighted by Gasteiger charge is 2.23. The Morgan fingerprint density at radius 2 is 2.00 bits per heavy atom. The van der Waals surface area contributed by atoms with Gasteiger partial charge in [-0.3, -0.25) is 4.98 Å². The normalized spacial score (nSPS) is 18.2. The summed E-state index contributed by atoms with van der Waals surface area (Å²) in [4.78, 5) is 6.76. The predicted octanol–water partition coefficient (Wildman–Crippen LogP) is 2.87. The fraction of sp³-hybridized carbons (Fsp3) is 0.312. The van der Waals surface area contributed by atoms with Gasteiger partial charge in [-0.2, -0.15) is 0 Å². The molecule has 1 aliphatic rings. The number of rotatable bonds is 2. The number of anilines is 2. The number of hydrogen-bond acceptors (Lipinski definition) is 3. The quantitative estimate of drug-likeness (QED) is 0.895. The number of aromatic nitrogens is 1. The Bertz CT molecular complexity index is 580. The molecule has 1 aliphatic heterocycles. The van der Waals surface area contributed by atoms with Gasteiger partial charge in [-0.05, 0) is 36.1 Å². The third-order valence-electron chi connectivity index (χ3n) is 3.70. The van der Waals surface area contributed by atoms with Crippen LogP contribution in [0.3, 0.4) is 0 Å². The summed E-state index contributed by atoms with van der Waals surface area (Å²) in [6.07, 6.45) is 2.95. The van der Waals surface area contributed by atoms with E-state index in [2.05, 4.69) is 47.1 Å². The largest absolute Gasteiger partial charge is 0.339 e. The molecule has 1 aromatic heterocycles. The monoisotopic (exact) mass is 253 g/mol. The van der Waals surface area contributed by atoms with Gasteiger partial charge >= 0.3 is 0 Å². The Morgan fingerprint density at radius 1 is 1.21 bits per heavy atom. The molecular weight excluding hydrogens is 234 g/mol. The standard InChI is InChI=1S/C16H19N3/c1-12-9-13-5-2-3-6-15(13)19(11-12)16-7-4-8-18-14(16)10-17/h2-8,12H,9-11,17H2,1H3. The molecule has 2 N–H and O–H groups in total. The zero-order valence-corrected chi connectivity index (χ0v) is 11.2. The van der Waals surface area contributed by atoms with Gasteiger partial charge < -0.3 is 10.6 Å². The van der Waals surface area contributed by atoms with E-state index >= 15 is 0 Å². The van der Waals surface area contributed by atoms with Crippen molar-refractivity contribution in [1.29, 1.82) is 0 Å². The molecule has 2 heterocycles. The first kappa shape index (κ1) is 12.2. The number of benzene rings is 1. The van der Waals surface area contributed by atoms with Crippen molar-refractivity contribution in [3.63, 3.8) is 0 Å². The van der Waals surface area contributed by atoms with Gasteiger partial charge in [-0.1, -0.05) is 25.1 Å². The first-order chi connectivity index (χ1) is 9.29. The highest BCUT2D eigenvalue weighted by Crippen LogP contribution is 2.36. The van der Waals surface area contributed by atoms with E-state index in [4.69, 9.17) is 5.73 Å². The molecule has 0 radical (unpaired) electrons. The maximum Gasteiger partial charge on any atom is 0.0775 e. The second-order valence-electron chi connectivity index (χ2n) is 5.22. The Hall–Kier alpha value is -1.87. The molecule has 0 saturated carbocycles. The van der Waals surface area contributed by atoms with Crippen LogP contribution in [0.2, 0.25) is 0 Å². The SMILES string of the molecule is CC1Cc2ccccc2N(c2cccnc2CN)C1. The van der Waals surface area contributed by atoms with Crippen LogP contribution >= 0.6 is 0 Å². The average molecular weight is 253 g/mol. The lowest BCUT2D eigenvalue weighted by Crippen LogP contribution is -2.31. The fourth-order valence-electron chi connectivity index (χ4n) is 2.86. The molecule has 19 heavy (non-hydrogen) atoms. The topological polar surface area (TPSA) is 42.2 Å². The molecule has 0 bridgehead atoms. The van der Waals surface area contributed by atoms with Gasteiger partial charge in [0.05, 0.1) is 11.4 Å². The van der Waals surface area contributed by atoms with E-state index in [1.807, 2.05) is 12.3 Å². The number of hydrogen-bond donors (Lipinski definition) is 1. The van der Waals surface area contributed by atoms with Crippen LogP contribution in [0.1, 0.15) is 18.2 Å². The van der Waals surface area contributed by atoms with Gasteiger partial charge in [0.2, 0.25) is 0 Å². The summed E-state index contributed by atoms with van der Waals surface area (Å²) in [5, 5.41) is 0. The molecule has 98 valence electrons. The summed E-state index contributed by atoms with van der Waals surface area (Å²) in [5.74, 6) is 0.640. The van der Waals surface area contributed by atoms with Crippen LogP contribution in [0.15, 0.2) is 42.6 Å².